The Morgan fingerprint density at radius 2 is 2.00 bits per heavy atom. The predicted molar refractivity (Wildman–Crippen MR) is 91.8 cm³/mol. The van der Waals surface area contributed by atoms with Gasteiger partial charge in [0.1, 0.15) is 29.4 Å². The van der Waals surface area contributed by atoms with E-state index in [9.17, 15) is 4.79 Å². The number of nitrogens with zero attached hydrogens (tertiary/aromatic N) is 2. The van der Waals surface area contributed by atoms with Crippen molar-refractivity contribution in [1.82, 2.24) is 9.97 Å². The number of halogens is 1. The topological polar surface area (TPSA) is 82.6 Å². The number of carbonyl (C=O) groups is 1. The molecular formula is C16H20ClN3O4. The SMILES string of the molecule is COCCOc1cc2ncnc(Cl)c2cc1NC(=O)OC(C)(C)C. The highest BCUT2D eigenvalue weighted by molar-refractivity contribution is 6.34. The molecule has 7 nitrogen and oxygen atoms in total. The first-order chi connectivity index (χ1) is 11.3. The first kappa shape index (κ1) is 18.2. The summed E-state index contributed by atoms with van der Waals surface area (Å²) in [6.45, 7) is 6.09. The molecule has 24 heavy (non-hydrogen) atoms. The minimum Gasteiger partial charge on any atom is -0.489 e. The van der Waals surface area contributed by atoms with Gasteiger partial charge < -0.3 is 14.2 Å². The third-order valence-electron chi connectivity index (χ3n) is 2.87. The molecule has 0 unspecified atom stereocenters. The standard InChI is InChI=1S/C16H20ClN3O4/c1-16(2,3)24-15(21)20-12-7-10-11(18-9-19-14(10)17)8-13(12)23-6-5-22-4/h7-9H,5-6H2,1-4H3,(H,20,21). The zero-order chi connectivity index (χ0) is 17.7. The third kappa shape index (κ3) is 4.94. The van der Waals surface area contributed by atoms with Crippen molar-refractivity contribution in [1.29, 1.82) is 0 Å². The lowest BCUT2D eigenvalue weighted by Crippen LogP contribution is -2.27. The van der Waals surface area contributed by atoms with Crippen LogP contribution in [0.3, 0.4) is 0 Å². The first-order valence-electron chi connectivity index (χ1n) is 7.36. The van der Waals surface area contributed by atoms with Crippen molar-refractivity contribution in [3.8, 4) is 5.75 Å². The predicted octanol–water partition coefficient (Wildman–Crippen LogP) is 3.66. The van der Waals surface area contributed by atoms with Gasteiger partial charge >= 0.3 is 6.09 Å². The van der Waals surface area contributed by atoms with E-state index in [1.165, 1.54) is 6.33 Å². The van der Waals surface area contributed by atoms with Gasteiger partial charge in [0.25, 0.3) is 0 Å². The van der Waals surface area contributed by atoms with Gasteiger partial charge in [-0.3, -0.25) is 5.32 Å². The minimum atomic E-state index is -0.612. The fourth-order valence-corrected chi connectivity index (χ4v) is 2.11. The lowest BCUT2D eigenvalue weighted by atomic mass is 10.2. The highest BCUT2D eigenvalue weighted by atomic mass is 35.5. The van der Waals surface area contributed by atoms with E-state index < -0.39 is 11.7 Å². The Labute approximate surface area is 145 Å². The van der Waals surface area contributed by atoms with Crippen LogP contribution in [-0.4, -0.2) is 42.0 Å². The van der Waals surface area contributed by atoms with E-state index in [0.29, 0.717) is 35.6 Å². The molecule has 8 heteroatoms. The second-order valence-corrected chi connectivity index (χ2v) is 6.36. The molecule has 1 amide bonds. The summed E-state index contributed by atoms with van der Waals surface area (Å²) in [5, 5.41) is 3.56. The van der Waals surface area contributed by atoms with Gasteiger partial charge in [0.2, 0.25) is 0 Å². The van der Waals surface area contributed by atoms with Crippen LogP contribution >= 0.6 is 11.6 Å². The largest absolute Gasteiger partial charge is 0.489 e. The first-order valence-corrected chi connectivity index (χ1v) is 7.74. The van der Waals surface area contributed by atoms with Crippen LogP contribution in [0.2, 0.25) is 5.15 Å². The molecule has 0 aliphatic heterocycles. The minimum absolute atomic E-state index is 0.288. The number of aromatic nitrogens is 2. The van der Waals surface area contributed by atoms with Crippen LogP contribution in [0.5, 0.6) is 5.75 Å². The fourth-order valence-electron chi connectivity index (χ4n) is 1.92. The molecule has 1 heterocycles. The van der Waals surface area contributed by atoms with Crippen LogP contribution in [0.25, 0.3) is 10.9 Å². The number of hydrogen-bond donors (Lipinski definition) is 1. The summed E-state index contributed by atoms with van der Waals surface area (Å²) in [5.41, 5.74) is 0.417. The van der Waals surface area contributed by atoms with Crippen molar-refractivity contribution in [3.05, 3.63) is 23.6 Å². The summed E-state index contributed by atoms with van der Waals surface area (Å²) in [4.78, 5) is 20.2. The second kappa shape index (κ2) is 7.63. The zero-order valence-electron chi connectivity index (χ0n) is 14.1. The Kier molecular flexibility index (Phi) is 5.80. The van der Waals surface area contributed by atoms with E-state index in [-0.39, 0.29) is 5.15 Å². The third-order valence-corrected chi connectivity index (χ3v) is 3.17. The van der Waals surface area contributed by atoms with Gasteiger partial charge in [-0.1, -0.05) is 11.6 Å². The number of nitrogens with one attached hydrogen (secondary N) is 1. The van der Waals surface area contributed by atoms with Crippen LogP contribution in [-0.2, 0) is 9.47 Å². The van der Waals surface area contributed by atoms with Gasteiger partial charge in [-0.25, -0.2) is 14.8 Å². The van der Waals surface area contributed by atoms with Gasteiger partial charge in [0, 0.05) is 18.6 Å². The summed E-state index contributed by atoms with van der Waals surface area (Å²) in [6.07, 6.45) is 0.774. The monoisotopic (exact) mass is 353 g/mol. The highest BCUT2D eigenvalue weighted by Gasteiger charge is 2.18. The Hall–Kier alpha value is -2.12. The van der Waals surface area contributed by atoms with Crippen molar-refractivity contribution >= 4 is 34.3 Å². The molecule has 1 aromatic carbocycles. The Morgan fingerprint density at radius 3 is 2.67 bits per heavy atom. The Morgan fingerprint density at radius 1 is 1.25 bits per heavy atom. The van der Waals surface area contributed by atoms with Crippen LogP contribution in [0.4, 0.5) is 10.5 Å². The average Bonchev–Trinajstić information content (AvgIpc) is 2.47. The van der Waals surface area contributed by atoms with Crippen LogP contribution in [0.1, 0.15) is 20.8 Å². The molecule has 0 fully saturated rings. The fraction of sp³-hybridized carbons (Fsp3) is 0.438. The van der Waals surface area contributed by atoms with Gasteiger partial charge in [-0.15, -0.1) is 0 Å². The normalized spacial score (nSPS) is 11.4. The number of ether oxygens (including phenoxy) is 3. The Bertz CT molecular complexity index is 731. The summed E-state index contributed by atoms with van der Waals surface area (Å²) < 4.78 is 15.9. The van der Waals surface area contributed by atoms with E-state index >= 15 is 0 Å². The lowest BCUT2D eigenvalue weighted by molar-refractivity contribution is 0.0635. The molecule has 0 aliphatic rings. The number of anilines is 1. The molecule has 0 saturated heterocycles. The molecule has 0 spiro atoms. The quantitative estimate of drug-likeness (QED) is 0.652. The molecule has 1 aromatic heterocycles. The molecular weight excluding hydrogens is 334 g/mol. The van der Waals surface area contributed by atoms with Crippen molar-refractivity contribution in [2.24, 2.45) is 0 Å². The maximum Gasteiger partial charge on any atom is 0.412 e. The van der Waals surface area contributed by atoms with E-state index in [1.54, 1.807) is 40.0 Å². The zero-order valence-corrected chi connectivity index (χ0v) is 14.8. The van der Waals surface area contributed by atoms with Crippen molar-refractivity contribution in [2.45, 2.75) is 26.4 Å². The maximum atomic E-state index is 12.1. The van der Waals surface area contributed by atoms with Crippen LogP contribution in [0.15, 0.2) is 18.5 Å². The molecule has 0 radical (unpaired) electrons. The number of amides is 1. The maximum absolute atomic E-state index is 12.1. The molecule has 0 bridgehead atoms. The van der Waals surface area contributed by atoms with Crippen molar-refractivity contribution in [2.75, 3.05) is 25.6 Å². The van der Waals surface area contributed by atoms with Crippen LogP contribution in [0, 0.1) is 0 Å². The Balaban J connectivity index is 2.34. The lowest BCUT2D eigenvalue weighted by Gasteiger charge is -2.20. The molecule has 0 aliphatic carbocycles. The number of rotatable bonds is 5. The van der Waals surface area contributed by atoms with E-state index in [4.69, 9.17) is 25.8 Å². The van der Waals surface area contributed by atoms with Crippen molar-refractivity contribution in [3.63, 3.8) is 0 Å². The summed E-state index contributed by atoms with van der Waals surface area (Å²) >= 11 is 6.10. The number of carbonyl (C=O) groups excluding carboxylic acids is 1. The highest BCUT2D eigenvalue weighted by Crippen LogP contribution is 2.32. The number of benzene rings is 1. The van der Waals surface area contributed by atoms with Gasteiger partial charge in [0.15, 0.2) is 0 Å². The van der Waals surface area contributed by atoms with Gasteiger partial charge in [-0.05, 0) is 26.8 Å². The van der Waals surface area contributed by atoms with Gasteiger partial charge in [0.05, 0.1) is 17.8 Å². The smallest absolute Gasteiger partial charge is 0.412 e. The van der Waals surface area contributed by atoms with Crippen LogP contribution < -0.4 is 10.1 Å². The van der Waals surface area contributed by atoms with E-state index in [1.807, 2.05) is 0 Å². The van der Waals surface area contributed by atoms with E-state index in [2.05, 4.69) is 15.3 Å². The number of fused-ring (bicyclic) bond motifs is 1. The summed E-state index contributed by atoms with van der Waals surface area (Å²) in [7, 11) is 1.58. The summed E-state index contributed by atoms with van der Waals surface area (Å²) in [6, 6.07) is 3.34. The average molecular weight is 354 g/mol. The molecule has 1 N–H and O–H groups in total. The van der Waals surface area contributed by atoms with Gasteiger partial charge in [-0.2, -0.15) is 0 Å². The molecule has 0 atom stereocenters. The van der Waals surface area contributed by atoms with Crippen molar-refractivity contribution < 1.29 is 19.0 Å². The second-order valence-electron chi connectivity index (χ2n) is 6.00. The molecule has 2 rings (SSSR count). The molecule has 2 aromatic rings. The molecule has 0 saturated carbocycles. The summed E-state index contributed by atoms with van der Waals surface area (Å²) in [5.74, 6) is 0.445. The number of hydrogen-bond acceptors (Lipinski definition) is 6. The molecule has 130 valence electrons. The van der Waals surface area contributed by atoms with E-state index in [0.717, 1.165) is 0 Å². The number of methoxy groups -OCH3 is 1.